The Balaban J connectivity index is 2.33. The lowest BCUT2D eigenvalue weighted by molar-refractivity contribution is -0.122. The second kappa shape index (κ2) is 6.18. The number of nitriles is 1. The predicted octanol–water partition coefficient (Wildman–Crippen LogP) is 2.40. The van der Waals surface area contributed by atoms with Crippen LogP contribution in [0.1, 0.15) is 12.8 Å². The molecular formula is C14H16BrN3O. The van der Waals surface area contributed by atoms with Gasteiger partial charge in [-0.05, 0) is 41.5 Å². The van der Waals surface area contributed by atoms with E-state index >= 15 is 0 Å². The average molecular weight is 322 g/mol. The highest BCUT2D eigenvalue weighted by molar-refractivity contribution is 9.10. The number of rotatable bonds is 2. The first-order chi connectivity index (χ1) is 9.15. The van der Waals surface area contributed by atoms with E-state index in [2.05, 4.69) is 22.0 Å². The van der Waals surface area contributed by atoms with E-state index in [0.717, 1.165) is 23.1 Å². The maximum absolute atomic E-state index is 12.6. The maximum Gasteiger partial charge on any atom is 0.245 e. The highest BCUT2D eigenvalue weighted by atomic mass is 79.9. The van der Waals surface area contributed by atoms with E-state index in [1.165, 1.54) is 0 Å². The molecule has 0 N–H and O–H groups in total. The molecule has 1 aliphatic rings. The number of anilines is 1. The van der Waals surface area contributed by atoms with Crippen LogP contribution in [-0.2, 0) is 4.79 Å². The molecule has 0 spiro atoms. The van der Waals surface area contributed by atoms with Crippen molar-refractivity contribution in [3.8, 4) is 6.07 Å². The first kappa shape index (κ1) is 14.0. The van der Waals surface area contributed by atoms with E-state index in [0.29, 0.717) is 6.54 Å². The van der Waals surface area contributed by atoms with Crippen LogP contribution >= 0.6 is 15.9 Å². The van der Waals surface area contributed by atoms with Crippen LogP contribution in [0.3, 0.4) is 0 Å². The van der Waals surface area contributed by atoms with Crippen LogP contribution < -0.4 is 4.90 Å². The lowest BCUT2D eigenvalue weighted by atomic mass is 10.1. The van der Waals surface area contributed by atoms with Crippen LogP contribution in [0.15, 0.2) is 28.7 Å². The van der Waals surface area contributed by atoms with Crippen molar-refractivity contribution in [1.82, 2.24) is 4.90 Å². The van der Waals surface area contributed by atoms with Gasteiger partial charge in [-0.1, -0.05) is 12.1 Å². The van der Waals surface area contributed by atoms with E-state index in [-0.39, 0.29) is 18.4 Å². The highest BCUT2D eigenvalue weighted by Crippen LogP contribution is 2.28. The summed E-state index contributed by atoms with van der Waals surface area (Å²) in [6, 6.07) is 9.46. The molecule has 0 aliphatic carbocycles. The van der Waals surface area contributed by atoms with Crippen molar-refractivity contribution in [2.24, 2.45) is 0 Å². The van der Waals surface area contributed by atoms with Crippen molar-refractivity contribution in [3.63, 3.8) is 0 Å². The van der Waals surface area contributed by atoms with E-state index < -0.39 is 0 Å². The third kappa shape index (κ3) is 2.96. The van der Waals surface area contributed by atoms with Gasteiger partial charge in [0.15, 0.2) is 0 Å². The van der Waals surface area contributed by atoms with Gasteiger partial charge in [0.05, 0.1) is 18.2 Å². The average Bonchev–Trinajstić information content (AvgIpc) is 2.53. The molecule has 100 valence electrons. The first-order valence-corrected chi connectivity index (χ1v) is 7.07. The fourth-order valence-corrected chi connectivity index (χ4v) is 2.85. The summed E-state index contributed by atoms with van der Waals surface area (Å²) in [6.07, 6.45) is 1.14. The molecule has 1 aliphatic heterocycles. The first-order valence-electron chi connectivity index (χ1n) is 6.28. The Labute approximate surface area is 121 Å². The second-order valence-electron chi connectivity index (χ2n) is 4.65. The second-order valence-corrected chi connectivity index (χ2v) is 5.51. The van der Waals surface area contributed by atoms with Gasteiger partial charge in [-0.25, -0.2) is 0 Å². The fraction of sp³-hybridized carbons (Fsp3) is 0.429. The predicted molar refractivity (Wildman–Crippen MR) is 77.8 cm³/mol. The molecule has 1 aromatic carbocycles. The standard InChI is InChI=1S/C14H16BrN3O/c1-17-9-4-10-18(14(19)13(17)7-8-16)12-6-3-2-5-11(12)15/h2-3,5-6,13H,4,7,9-10H2,1H3. The molecule has 1 fully saturated rings. The summed E-state index contributed by atoms with van der Waals surface area (Å²) >= 11 is 3.49. The number of likely N-dealkylation sites (N-methyl/N-ethyl adjacent to an activating group) is 1. The van der Waals surface area contributed by atoms with Crippen LogP contribution in [0.2, 0.25) is 0 Å². The quantitative estimate of drug-likeness (QED) is 0.840. The van der Waals surface area contributed by atoms with Crippen molar-refractivity contribution in [2.45, 2.75) is 18.9 Å². The van der Waals surface area contributed by atoms with E-state index in [4.69, 9.17) is 5.26 Å². The minimum atomic E-state index is -0.348. The maximum atomic E-state index is 12.6. The molecule has 19 heavy (non-hydrogen) atoms. The lowest BCUT2D eigenvalue weighted by Gasteiger charge is -2.27. The molecular weight excluding hydrogens is 306 g/mol. The zero-order valence-corrected chi connectivity index (χ0v) is 12.4. The van der Waals surface area contributed by atoms with Gasteiger partial charge in [0.25, 0.3) is 0 Å². The van der Waals surface area contributed by atoms with Gasteiger partial charge >= 0.3 is 0 Å². The van der Waals surface area contributed by atoms with Crippen LogP contribution in [-0.4, -0.2) is 37.0 Å². The van der Waals surface area contributed by atoms with Crippen LogP contribution in [0, 0.1) is 11.3 Å². The summed E-state index contributed by atoms with van der Waals surface area (Å²) in [7, 11) is 1.91. The lowest BCUT2D eigenvalue weighted by Crippen LogP contribution is -2.44. The number of nitrogens with zero attached hydrogens (tertiary/aromatic N) is 3. The Hall–Kier alpha value is -1.38. The van der Waals surface area contributed by atoms with E-state index in [1.807, 2.05) is 36.2 Å². The topological polar surface area (TPSA) is 47.3 Å². The Morgan fingerprint density at radius 3 is 2.84 bits per heavy atom. The molecule has 2 rings (SSSR count). The minimum Gasteiger partial charge on any atom is -0.310 e. The number of benzene rings is 1. The molecule has 1 unspecified atom stereocenters. The minimum absolute atomic E-state index is 0.00782. The normalized spacial score (nSPS) is 21.0. The van der Waals surface area contributed by atoms with Crippen molar-refractivity contribution in [1.29, 1.82) is 5.26 Å². The van der Waals surface area contributed by atoms with Crippen molar-refractivity contribution in [3.05, 3.63) is 28.7 Å². The molecule has 5 heteroatoms. The van der Waals surface area contributed by atoms with Gasteiger partial charge in [-0.2, -0.15) is 5.26 Å². The van der Waals surface area contributed by atoms with Crippen molar-refractivity contribution >= 4 is 27.5 Å². The van der Waals surface area contributed by atoms with Gasteiger partial charge in [-0.15, -0.1) is 0 Å². The van der Waals surface area contributed by atoms with Crippen LogP contribution in [0.5, 0.6) is 0 Å². The van der Waals surface area contributed by atoms with E-state index in [1.54, 1.807) is 4.90 Å². The Morgan fingerprint density at radius 2 is 2.16 bits per heavy atom. The molecule has 0 bridgehead atoms. The van der Waals surface area contributed by atoms with Crippen LogP contribution in [0.4, 0.5) is 5.69 Å². The number of carbonyl (C=O) groups excluding carboxylic acids is 1. The molecule has 1 atom stereocenters. The van der Waals surface area contributed by atoms with E-state index in [9.17, 15) is 4.79 Å². The number of amides is 1. The molecule has 0 aromatic heterocycles. The molecule has 1 saturated heterocycles. The summed E-state index contributed by atoms with van der Waals surface area (Å²) in [5.74, 6) is 0.00782. The molecule has 1 heterocycles. The zero-order valence-electron chi connectivity index (χ0n) is 10.8. The van der Waals surface area contributed by atoms with Gasteiger partial charge < -0.3 is 4.90 Å². The third-order valence-electron chi connectivity index (χ3n) is 3.40. The monoisotopic (exact) mass is 321 g/mol. The Bertz CT molecular complexity index is 512. The summed E-state index contributed by atoms with van der Waals surface area (Å²) < 4.78 is 0.906. The summed E-state index contributed by atoms with van der Waals surface area (Å²) in [5, 5.41) is 8.90. The van der Waals surface area contributed by atoms with Crippen LogP contribution in [0.25, 0.3) is 0 Å². The number of halogens is 1. The molecule has 4 nitrogen and oxygen atoms in total. The summed E-state index contributed by atoms with van der Waals surface area (Å²) in [4.78, 5) is 16.4. The Morgan fingerprint density at radius 1 is 1.42 bits per heavy atom. The van der Waals surface area contributed by atoms with Gasteiger partial charge in [0.2, 0.25) is 5.91 Å². The number of carbonyl (C=O) groups is 1. The summed E-state index contributed by atoms with van der Waals surface area (Å²) in [5.41, 5.74) is 0.880. The third-order valence-corrected chi connectivity index (χ3v) is 4.07. The molecule has 1 aromatic rings. The molecule has 0 radical (unpaired) electrons. The fourth-order valence-electron chi connectivity index (χ4n) is 2.35. The zero-order chi connectivity index (χ0) is 13.8. The number of hydrogen-bond acceptors (Lipinski definition) is 3. The number of para-hydroxylation sites is 1. The van der Waals surface area contributed by atoms with Crippen molar-refractivity contribution in [2.75, 3.05) is 25.0 Å². The largest absolute Gasteiger partial charge is 0.310 e. The van der Waals surface area contributed by atoms with Gasteiger partial charge in [0.1, 0.15) is 6.04 Å². The van der Waals surface area contributed by atoms with Gasteiger partial charge in [0, 0.05) is 17.6 Å². The van der Waals surface area contributed by atoms with Crippen molar-refractivity contribution < 1.29 is 4.79 Å². The SMILES string of the molecule is CN1CCCN(c2ccccc2Br)C(=O)C1CC#N. The van der Waals surface area contributed by atoms with Gasteiger partial charge in [-0.3, -0.25) is 9.69 Å². The molecule has 1 amide bonds. The highest BCUT2D eigenvalue weighted by Gasteiger charge is 2.31. The Kier molecular flexibility index (Phi) is 4.56. The summed E-state index contributed by atoms with van der Waals surface area (Å²) in [6.45, 7) is 1.52. The number of hydrogen-bond donors (Lipinski definition) is 0. The molecule has 0 saturated carbocycles. The smallest absolute Gasteiger partial charge is 0.245 e.